The lowest BCUT2D eigenvalue weighted by Gasteiger charge is -2.37. The number of nitrogens with one attached hydrogen (secondary N) is 1. The second-order valence-electron chi connectivity index (χ2n) is 10.1. The third-order valence-electron chi connectivity index (χ3n) is 8.19. The van der Waals surface area contributed by atoms with Crippen LogP contribution in [0.25, 0.3) is 6.08 Å². The van der Waals surface area contributed by atoms with Gasteiger partial charge in [0.2, 0.25) is 5.91 Å². The zero-order chi connectivity index (χ0) is 26.0. The highest BCUT2D eigenvalue weighted by atomic mass is 32.1. The van der Waals surface area contributed by atoms with E-state index in [4.69, 9.17) is 0 Å². The summed E-state index contributed by atoms with van der Waals surface area (Å²) in [7, 11) is 0. The number of carbonyl (C=O) groups is 3. The van der Waals surface area contributed by atoms with Crippen LogP contribution in [-0.4, -0.2) is 29.6 Å². The molecule has 186 valence electrons. The van der Waals surface area contributed by atoms with Crippen LogP contribution in [0.5, 0.6) is 0 Å². The van der Waals surface area contributed by atoms with E-state index in [-0.39, 0.29) is 17.5 Å². The van der Waals surface area contributed by atoms with Crippen molar-refractivity contribution in [2.45, 2.75) is 24.4 Å². The Morgan fingerprint density at radius 3 is 2.45 bits per heavy atom. The summed E-state index contributed by atoms with van der Waals surface area (Å²) in [5, 5.41) is 4.94. The van der Waals surface area contributed by atoms with Gasteiger partial charge in [-0.2, -0.15) is 0 Å². The summed E-state index contributed by atoms with van der Waals surface area (Å²) in [5.74, 6) is -1.53. The van der Waals surface area contributed by atoms with E-state index in [0.29, 0.717) is 16.1 Å². The minimum absolute atomic E-state index is 0.144. The highest BCUT2D eigenvalue weighted by Gasteiger charge is 2.70. The molecule has 4 atom stereocenters. The molecule has 1 amide bonds. The first kappa shape index (κ1) is 22.9. The minimum Gasteiger partial charge on any atom is -0.352 e. The summed E-state index contributed by atoms with van der Waals surface area (Å²) in [4.78, 5) is 45.9. The lowest BCUT2D eigenvalue weighted by molar-refractivity contribution is -0.121. The SMILES string of the molecule is Cc1ccc(C(=O)C2C(C(=O)c3cccs3)N3c4ccccc4C=CC3C23C(=O)Nc2ccccc23)cc1. The van der Waals surface area contributed by atoms with Gasteiger partial charge in [0.1, 0.15) is 11.5 Å². The second kappa shape index (κ2) is 8.36. The third-order valence-corrected chi connectivity index (χ3v) is 9.08. The largest absolute Gasteiger partial charge is 0.352 e. The van der Waals surface area contributed by atoms with Gasteiger partial charge in [0.05, 0.1) is 16.8 Å². The molecule has 0 aliphatic carbocycles. The van der Waals surface area contributed by atoms with Gasteiger partial charge in [0.15, 0.2) is 11.6 Å². The van der Waals surface area contributed by atoms with Gasteiger partial charge in [0.25, 0.3) is 0 Å². The van der Waals surface area contributed by atoms with E-state index in [2.05, 4.69) is 5.32 Å². The third kappa shape index (κ3) is 3.01. The molecule has 0 bridgehead atoms. The van der Waals surface area contributed by atoms with Crippen LogP contribution < -0.4 is 10.2 Å². The fraction of sp³-hybridized carbons (Fsp3) is 0.156. The predicted molar refractivity (Wildman–Crippen MR) is 150 cm³/mol. The number of carbonyl (C=O) groups excluding carboxylic acids is 3. The smallest absolute Gasteiger partial charge is 0.238 e. The Hall–Kier alpha value is -4.29. The maximum Gasteiger partial charge on any atom is 0.238 e. The average Bonchev–Trinajstić information content (AvgIpc) is 3.65. The zero-order valence-electron chi connectivity index (χ0n) is 20.6. The zero-order valence-corrected chi connectivity index (χ0v) is 21.4. The number of Topliss-reactive ketones (excluding diaryl/α,β-unsaturated/α-hetero) is 2. The first-order valence-corrected chi connectivity index (χ1v) is 13.5. The van der Waals surface area contributed by atoms with Gasteiger partial charge >= 0.3 is 0 Å². The lowest BCUT2D eigenvalue weighted by Crippen LogP contribution is -2.51. The van der Waals surface area contributed by atoms with Crippen molar-refractivity contribution in [1.29, 1.82) is 0 Å². The normalized spacial score (nSPS) is 24.6. The molecule has 7 rings (SSSR count). The standard InChI is InChI=1S/C32H24N2O3S/c1-19-12-14-21(15-13-19)29(35)27-28(30(36)25-11-6-18-38-25)34-24-10-5-2-7-20(24)16-17-26(34)32(27)22-8-3-4-9-23(22)33-31(32)37/h2-18,26-28H,1H3,(H,33,37). The molecular formula is C32H24N2O3S. The average molecular weight is 517 g/mol. The Morgan fingerprint density at radius 1 is 0.895 bits per heavy atom. The summed E-state index contributed by atoms with van der Waals surface area (Å²) in [6.07, 6.45) is 4.01. The Balaban J connectivity index is 1.54. The summed E-state index contributed by atoms with van der Waals surface area (Å²) in [6, 6.07) is 25.1. The molecular weight excluding hydrogens is 492 g/mol. The van der Waals surface area contributed by atoms with Gasteiger partial charge in [-0.25, -0.2) is 0 Å². The number of anilines is 2. The molecule has 0 saturated carbocycles. The highest BCUT2D eigenvalue weighted by Crippen LogP contribution is 2.58. The fourth-order valence-corrected chi connectivity index (χ4v) is 7.28. The van der Waals surface area contributed by atoms with Gasteiger partial charge in [-0.1, -0.05) is 84.4 Å². The summed E-state index contributed by atoms with van der Waals surface area (Å²) < 4.78 is 0. The molecule has 1 aromatic heterocycles. The molecule has 3 aromatic carbocycles. The van der Waals surface area contributed by atoms with E-state index in [9.17, 15) is 14.4 Å². The monoisotopic (exact) mass is 516 g/mol. The van der Waals surface area contributed by atoms with Crippen molar-refractivity contribution in [3.05, 3.63) is 124 Å². The van der Waals surface area contributed by atoms with Crippen LogP contribution in [0.15, 0.2) is 96.4 Å². The number of fused-ring (bicyclic) bond motifs is 6. The van der Waals surface area contributed by atoms with Crippen LogP contribution >= 0.6 is 11.3 Å². The summed E-state index contributed by atoms with van der Waals surface area (Å²) in [5.41, 5.74) is 3.51. The number of hydrogen-bond acceptors (Lipinski definition) is 5. The number of amides is 1. The number of rotatable bonds is 4. The second-order valence-corrected chi connectivity index (χ2v) is 11.1. The number of hydrogen-bond donors (Lipinski definition) is 1. The Bertz CT molecular complexity index is 1640. The van der Waals surface area contributed by atoms with Gasteiger partial charge in [-0.05, 0) is 41.6 Å². The maximum absolute atomic E-state index is 14.6. The number of para-hydroxylation sites is 2. The van der Waals surface area contributed by atoms with Gasteiger partial charge in [-0.3, -0.25) is 14.4 Å². The molecule has 3 aliphatic heterocycles. The van der Waals surface area contributed by atoms with Crippen LogP contribution in [0.3, 0.4) is 0 Å². The topological polar surface area (TPSA) is 66.5 Å². The van der Waals surface area contributed by atoms with Crippen molar-refractivity contribution in [1.82, 2.24) is 0 Å². The lowest BCUT2D eigenvalue weighted by atomic mass is 9.64. The van der Waals surface area contributed by atoms with Crippen LogP contribution in [0.2, 0.25) is 0 Å². The quantitative estimate of drug-likeness (QED) is 0.343. The van der Waals surface area contributed by atoms with E-state index in [1.165, 1.54) is 11.3 Å². The molecule has 6 heteroatoms. The molecule has 3 aliphatic rings. The number of ketones is 2. The van der Waals surface area contributed by atoms with Crippen molar-refractivity contribution in [3.63, 3.8) is 0 Å². The van der Waals surface area contributed by atoms with Crippen LogP contribution in [0.1, 0.15) is 36.7 Å². The summed E-state index contributed by atoms with van der Waals surface area (Å²) in [6.45, 7) is 1.97. The van der Waals surface area contributed by atoms with E-state index >= 15 is 0 Å². The molecule has 4 aromatic rings. The van der Waals surface area contributed by atoms with E-state index in [1.807, 2.05) is 96.1 Å². The van der Waals surface area contributed by atoms with Crippen LogP contribution in [0, 0.1) is 12.8 Å². The molecule has 4 heterocycles. The molecule has 0 radical (unpaired) electrons. The van der Waals surface area contributed by atoms with Gasteiger partial charge in [-0.15, -0.1) is 11.3 Å². The van der Waals surface area contributed by atoms with Gasteiger partial charge < -0.3 is 10.2 Å². The first-order chi connectivity index (χ1) is 18.5. The van der Waals surface area contributed by atoms with Crippen LogP contribution in [-0.2, 0) is 10.2 Å². The van der Waals surface area contributed by atoms with Crippen molar-refractivity contribution in [2.75, 3.05) is 10.2 Å². The molecule has 4 unspecified atom stereocenters. The molecule has 5 nitrogen and oxygen atoms in total. The van der Waals surface area contributed by atoms with Gasteiger partial charge in [0, 0.05) is 16.9 Å². The molecule has 1 fully saturated rings. The number of thiophene rings is 1. The first-order valence-electron chi connectivity index (χ1n) is 12.7. The van der Waals surface area contributed by atoms with Crippen molar-refractivity contribution in [3.8, 4) is 0 Å². The number of aryl methyl sites for hydroxylation is 1. The fourth-order valence-electron chi connectivity index (χ4n) is 6.58. The van der Waals surface area contributed by atoms with E-state index in [0.717, 1.165) is 22.4 Å². The van der Waals surface area contributed by atoms with Crippen molar-refractivity contribution < 1.29 is 14.4 Å². The number of nitrogens with zero attached hydrogens (tertiary/aromatic N) is 1. The number of benzene rings is 3. The highest BCUT2D eigenvalue weighted by molar-refractivity contribution is 7.12. The van der Waals surface area contributed by atoms with E-state index < -0.39 is 23.4 Å². The summed E-state index contributed by atoms with van der Waals surface area (Å²) >= 11 is 1.36. The Morgan fingerprint density at radius 2 is 1.66 bits per heavy atom. The predicted octanol–water partition coefficient (Wildman–Crippen LogP) is 5.91. The van der Waals surface area contributed by atoms with Crippen molar-refractivity contribution >= 4 is 46.3 Å². The molecule has 1 spiro atoms. The maximum atomic E-state index is 14.6. The Labute approximate surface area is 224 Å². The van der Waals surface area contributed by atoms with Crippen molar-refractivity contribution in [2.24, 2.45) is 5.92 Å². The molecule has 38 heavy (non-hydrogen) atoms. The Kier molecular flexibility index (Phi) is 5.03. The molecule has 1 N–H and O–H groups in total. The minimum atomic E-state index is -1.28. The molecule has 1 saturated heterocycles. The van der Waals surface area contributed by atoms with Crippen LogP contribution in [0.4, 0.5) is 11.4 Å². The van der Waals surface area contributed by atoms with E-state index in [1.54, 1.807) is 18.2 Å².